The van der Waals surface area contributed by atoms with E-state index >= 15 is 0 Å². The molecule has 2 aromatic carbocycles. The van der Waals surface area contributed by atoms with Gasteiger partial charge in [-0.15, -0.1) is 0 Å². The van der Waals surface area contributed by atoms with Crippen LogP contribution in [-0.4, -0.2) is 13.4 Å². The Balaban J connectivity index is 1.86. The summed E-state index contributed by atoms with van der Waals surface area (Å²) in [6.45, 7) is -0.150. The van der Waals surface area contributed by atoms with E-state index in [-0.39, 0.29) is 28.9 Å². The molecule has 0 fully saturated rings. The molecule has 0 amide bonds. The van der Waals surface area contributed by atoms with Crippen molar-refractivity contribution in [1.82, 2.24) is 4.98 Å². The average Bonchev–Trinajstić information content (AvgIpc) is 3.43. The van der Waals surface area contributed by atoms with Gasteiger partial charge in [0.2, 0.25) is 17.5 Å². The largest absolute Gasteiger partial charge is 0.467 e. The van der Waals surface area contributed by atoms with Gasteiger partial charge in [0, 0.05) is 5.56 Å². The van der Waals surface area contributed by atoms with Gasteiger partial charge in [-0.3, -0.25) is 0 Å². The monoisotopic (exact) mass is 405 g/mol. The van der Waals surface area contributed by atoms with Gasteiger partial charge in [-0.25, -0.2) is 12.7 Å². The number of hydrogen-bond donors (Lipinski definition) is 0. The van der Waals surface area contributed by atoms with E-state index in [2.05, 4.69) is 4.98 Å². The Labute approximate surface area is 167 Å². The molecule has 2 heterocycles. The number of benzene rings is 2. The van der Waals surface area contributed by atoms with Crippen molar-refractivity contribution in [3.63, 3.8) is 0 Å². The molecule has 4 aromatic rings. The van der Waals surface area contributed by atoms with Crippen LogP contribution >= 0.6 is 0 Å². The van der Waals surface area contributed by atoms with Gasteiger partial charge < -0.3 is 8.83 Å². The summed E-state index contributed by atoms with van der Waals surface area (Å²) in [5.41, 5.74) is 0.500. The highest BCUT2D eigenvalue weighted by Gasteiger charge is 2.32. The van der Waals surface area contributed by atoms with Gasteiger partial charge in [0.15, 0.2) is 0 Å². The van der Waals surface area contributed by atoms with Gasteiger partial charge in [-0.05, 0) is 36.4 Å². The summed E-state index contributed by atoms with van der Waals surface area (Å²) in [5, 5.41) is 9.57. The molecule has 2 aromatic heterocycles. The Morgan fingerprint density at radius 2 is 1.66 bits per heavy atom. The Morgan fingerprint density at radius 3 is 2.28 bits per heavy atom. The third-order valence-corrected chi connectivity index (χ3v) is 5.92. The fourth-order valence-electron chi connectivity index (χ4n) is 2.79. The second-order valence-electron chi connectivity index (χ2n) is 6.05. The second-order valence-corrected chi connectivity index (χ2v) is 7.92. The van der Waals surface area contributed by atoms with Crippen molar-refractivity contribution in [2.75, 3.05) is 4.31 Å². The lowest BCUT2D eigenvalue weighted by molar-refractivity contribution is 0.497. The maximum absolute atomic E-state index is 13.4. The minimum atomic E-state index is -4.04. The van der Waals surface area contributed by atoms with Crippen LogP contribution in [0.4, 0.5) is 5.88 Å². The zero-order chi connectivity index (χ0) is 20.3. The summed E-state index contributed by atoms with van der Waals surface area (Å²) in [7, 11) is -4.04. The summed E-state index contributed by atoms with van der Waals surface area (Å²) in [6.07, 6.45) is 1.45. The van der Waals surface area contributed by atoms with Crippen LogP contribution in [0, 0.1) is 11.3 Å². The van der Waals surface area contributed by atoms with Crippen LogP contribution in [0.2, 0.25) is 0 Å². The second kappa shape index (κ2) is 7.66. The molecule has 0 aliphatic rings. The third-order valence-electron chi connectivity index (χ3n) is 4.17. The molecule has 0 bridgehead atoms. The predicted molar refractivity (Wildman–Crippen MR) is 105 cm³/mol. The molecular formula is C21H15N3O4S. The zero-order valence-corrected chi connectivity index (χ0v) is 15.9. The first kappa shape index (κ1) is 18.5. The maximum Gasteiger partial charge on any atom is 0.267 e. The average molecular weight is 405 g/mol. The minimum absolute atomic E-state index is 0.0631. The molecule has 0 aliphatic heterocycles. The Morgan fingerprint density at radius 1 is 0.966 bits per heavy atom. The van der Waals surface area contributed by atoms with Crippen LogP contribution in [0.1, 0.15) is 11.5 Å². The summed E-state index contributed by atoms with van der Waals surface area (Å²) >= 11 is 0. The first-order valence-electron chi connectivity index (χ1n) is 8.66. The van der Waals surface area contributed by atoms with Gasteiger partial charge in [0.1, 0.15) is 11.8 Å². The summed E-state index contributed by atoms with van der Waals surface area (Å²) in [6, 6.07) is 22.1. The van der Waals surface area contributed by atoms with E-state index in [9.17, 15) is 13.7 Å². The molecule has 7 nitrogen and oxygen atoms in total. The lowest BCUT2D eigenvalue weighted by Gasteiger charge is -2.20. The predicted octanol–water partition coefficient (Wildman–Crippen LogP) is 4.20. The number of nitrogens with zero attached hydrogens (tertiary/aromatic N) is 3. The molecule has 0 aliphatic carbocycles. The van der Waals surface area contributed by atoms with Crippen molar-refractivity contribution in [2.24, 2.45) is 0 Å². The molecule has 144 valence electrons. The smallest absolute Gasteiger partial charge is 0.267 e. The molecule has 0 N–H and O–H groups in total. The van der Waals surface area contributed by atoms with E-state index in [0.717, 1.165) is 4.31 Å². The van der Waals surface area contributed by atoms with E-state index in [1.807, 2.05) is 12.1 Å². The zero-order valence-electron chi connectivity index (χ0n) is 15.1. The number of rotatable bonds is 6. The fourth-order valence-corrected chi connectivity index (χ4v) is 4.18. The highest BCUT2D eigenvalue weighted by atomic mass is 32.2. The molecular weight excluding hydrogens is 390 g/mol. The lowest BCUT2D eigenvalue weighted by atomic mass is 10.2. The lowest BCUT2D eigenvalue weighted by Crippen LogP contribution is -2.30. The van der Waals surface area contributed by atoms with Crippen molar-refractivity contribution in [1.29, 1.82) is 5.26 Å². The molecule has 0 saturated carbocycles. The number of nitriles is 1. The topological polar surface area (TPSA) is 100 Å². The van der Waals surface area contributed by atoms with Crippen LogP contribution in [0.25, 0.3) is 11.5 Å². The van der Waals surface area contributed by atoms with Crippen LogP contribution < -0.4 is 4.31 Å². The Bertz CT molecular complexity index is 1240. The third kappa shape index (κ3) is 3.63. The molecule has 29 heavy (non-hydrogen) atoms. The number of hydrogen-bond acceptors (Lipinski definition) is 6. The van der Waals surface area contributed by atoms with Crippen LogP contribution in [0.15, 0.2) is 92.8 Å². The van der Waals surface area contributed by atoms with E-state index in [1.54, 1.807) is 54.6 Å². The van der Waals surface area contributed by atoms with Crippen molar-refractivity contribution in [3.05, 3.63) is 90.5 Å². The molecule has 8 heteroatoms. The first-order chi connectivity index (χ1) is 14.1. The first-order valence-corrected chi connectivity index (χ1v) is 10.1. The Kier molecular flexibility index (Phi) is 4.89. The van der Waals surface area contributed by atoms with E-state index in [1.165, 1.54) is 18.4 Å². The van der Waals surface area contributed by atoms with Gasteiger partial charge in [0.25, 0.3) is 10.0 Å². The molecule has 0 radical (unpaired) electrons. The molecule has 0 saturated heterocycles. The minimum Gasteiger partial charge on any atom is -0.467 e. The normalized spacial score (nSPS) is 11.1. The van der Waals surface area contributed by atoms with E-state index < -0.39 is 10.0 Å². The summed E-state index contributed by atoms with van der Waals surface area (Å²) < 4.78 is 38.8. The number of anilines is 1. The fraction of sp³-hybridized carbons (Fsp3) is 0.0476. The van der Waals surface area contributed by atoms with Crippen molar-refractivity contribution in [2.45, 2.75) is 11.4 Å². The number of furan rings is 1. The number of oxazole rings is 1. The SMILES string of the molecule is N#Cc1nc(-c2ccccc2)oc1N(Cc1ccco1)S(=O)(=O)c1ccccc1. The number of sulfonamides is 1. The maximum atomic E-state index is 13.4. The van der Waals surface area contributed by atoms with Gasteiger partial charge in [-0.2, -0.15) is 10.2 Å². The summed E-state index contributed by atoms with van der Waals surface area (Å²) in [4.78, 5) is 4.25. The van der Waals surface area contributed by atoms with Crippen LogP contribution in [0.5, 0.6) is 0 Å². The standard InChI is InChI=1S/C21H15N3O4S/c22-14-19-21(28-20(23-19)16-8-3-1-4-9-16)24(15-17-10-7-13-27-17)29(25,26)18-11-5-2-6-12-18/h1-13H,15H2. The van der Waals surface area contributed by atoms with E-state index in [0.29, 0.717) is 11.3 Å². The molecule has 0 spiro atoms. The van der Waals surface area contributed by atoms with Crippen molar-refractivity contribution < 1.29 is 17.3 Å². The molecule has 4 rings (SSSR count). The van der Waals surface area contributed by atoms with Gasteiger partial charge in [0.05, 0.1) is 17.7 Å². The highest BCUT2D eigenvalue weighted by molar-refractivity contribution is 7.92. The van der Waals surface area contributed by atoms with Crippen LogP contribution in [0.3, 0.4) is 0 Å². The van der Waals surface area contributed by atoms with Crippen molar-refractivity contribution in [3.8, 4) is 17.5 Å². The Hall–Kier alpha value is -3.83. The highest BCUT2D eigenvalue weighted by Crippen LogP contribution is 2.33. The molecule has 0 unspecified atom stereocenters. The molecule has 0 atom stereocenters. The van der Waals surface area contributed by atoms with Gasteiger partial charge >= 0.3 is 0 Å². The quantitative estimate of drug-likeness (QED) is 0.476. The van der Waals surface area contributed by atoms with Crippen LogP contribution in [-0.2, 0) is 16.6 Å². The number of aromatic nitrogens is 1. The van der Waals surface area contributed by atoms with Gasteiger partial charge in [-0.1, -0.05) is 36.4 Å². The van der Waals surface area contributed by atoms with E-state index in [4.69, 9.17) is 8.83 Å². The van der Waals surface area contributed by atoms with Crippen molar-refractivity contribution >= 4 is 15.9 Å². The summed E-state index contributed by atoms with van der Waals surface area (Å²) in [5.74, 6) is 0.391.